The van der Waals surface area contributed by atoms with Crippen LogP contribution in [0.15, 0.2) is 29.2 Å². The summed E-state index contributed by atoms with van der Waals surface area (Å²) in [5.41, 5.74) is -3.34. The molecule has 6 heteroatoms. The first-order chi connectivity index (χ1) is 8.42. The number of hydrogen-bond donors (Lipinski definition) is 1. The molecule has 0 aliphatic carbocycles. The zero-order chi connectivity index (χ0) is 13.2. The number of benzene rings is 1. The molecule has 100 valence electrons. The average molecular weight is 276 g/mol. The van der Waals surface area contributed by atoms with Crippen molar-refractivity contribution >= 4 is 17.4 Å². The van der Waals surface area contributed by atoms with Crippen molar-refractivity contribution in [2.75, 3.05) is 25.5 Å². The first kappa shape index (κ1) is 13.5. The van der Waals surface area contributed by atoms with E-state index in [-0.39, 0.29) is 16.7 Å². The Morgan fingerprint density at radius 1 is 1.28 bits per heavy atom. The molecule has 1 aliphatic heterocycles. The third-order valence-corrected chi connectivity index (χ3v) is 3.59. The molecule has 0 radical (unpaired) electrons. The van der Waals surface area contributed by atoms with Gasteiger partial charge in [-0.3, -0.25) is 0 Å². The van der Waals surface area contributed by atoms with Gasteiger partial charge in [0.1, 0.15) is 0 Å². The summed E-state index contributed by atoms with van der Waals surface area (Å²) in [4.78, 5) is 2.45. The van der Waals surface area contributed by atoms with Crippen LogP contribution in [0.25, 0.3) is 0 Å². The number of nitrogens with one attached hydrogen (secondary N) is 1. The fourth-order valence-electron chi connectivity index (χ4n) is 2.04. The van der Waals surface area contributed by atoms with Crippen LogP contribution in [0.1, 0.15) is 6.42 Å². The fraction of sp³-hybridized carbons (Fsp3) is 0.500. The van der Waals surface area contributed by atoms with Crippen molar-refractivity contribution in [2.24, 2.45) is 0 Å². The van der Waals surface area contributed by atoms with Gasteiger partial charge in [0.2, 0.25) is 0 Å². The summed E-state index contributed by atoms with van der Waals surface area (Å²) >= 11 is -0.0834. The second-order valence-corrected chi connectivity index (χ2v) is 5.60. The lowest BCUT2D eigenvalue weighted by Crippen LogP contribution is -2.23. The molecule has 2 nitrogen and oxygen atoms in total. The van der Waals surface area contributed by atoms with E-state index in [1.165, 1.54) is 12.1 Å². The summed E-state index contributed by atoms with van der Waals surface area (Å²) in [6.45, 7) is 2.03. The van der Waals surface area contributed by atoms with Gasteiger partial charge < -0.3 is 10.2 Å². The van der Waals surface area contributed by atoms with Crippen molar-refractivity contribution < 1.29 is 13.2 Å². The molecule has 1 N–H and O–H groups in total. The van der Waals surface area contributed by atoms with E-state index in [1.807, 2.05) is 0 Å². The van der Waals surface area contributed by atoms with Crippen LogP contribution in [0, 0.1) is 0 Å². The molecule has 1 fully saturated rings. The van der Waals surface area contributed by atoms with Crippen molar-refractivity contribution in [1.82, 2.24) is 4.90 Å². The maximum atomic E-state index is 12.2. The molecular formula is C12H15F3N2S. The summed E-state index contributed by atoms with van der Waals surface area (Å²) in [5.74, 6) is 0. The van der Waals surface area contributed by atoms with E-state index in [9.17, 15) is 13.2 Å². The molecule has 0 spiro atoms. The first-order valence-electron chi connectivity index (χ1n) is 5.73. The molecule has 0 bridgehead atoms. The van der Waals surface area contributed by atoms with Gasteiger partial charge >= 0.3 is 5.51 Å². The Kier molecular flexibility index (Phi) is 4.07. The summed E-state index contributed by atoms with van der Waals surface area (Å²) < 4.78 is 36.5. The van der Waals surface area contributed by atoms with Gasteiger partial charge in [-0.1, -0.05) is 0 Å². The van der Waals surface area contributed by atoms with Crippen LogP contribution >= 0.6 is 11.8 Å². The van der Waals surface area contributed by atoms with Gasteiger partial charge in [0, 0.05) is 23.2 Å². The molecule has 0 saturated carbocycles. The Hall–Kier alpha value is -0.880. The molecular weight excluding hydrogens is 261 g/mol. The lowest BCUT2D eigenvalue weighted by atomic mass is 10.2. The minimum Gasteiger partial charge on any atom is -0.381 e. The lowest BCUT2D eigenvalue weighted by Gasteiger charge is -2.14. The van der Waals surface area contributed by atoms with Gasteiger partial charge in [0.15, 0.2) is 0 Å². The minimum absolute atomic E-state index is 0.0834. The molecule has 0 amide bonds. The molecule has 1 aromatic rings. The highest BCUT2D eigenvalue weighted by atomic mass is 32.2. The Labute approximate surface area is 109 Å². The number of anilines is 1. The van der Waals surface area contributed by atoms with Crippen molar-refractivity contribution in [3.05, 3.63) is 24.3 Å². The van der Waals surface area contributed by atoms with Crippen molar-refractivity contribution in [3.63, 3.8) is 0 Å². The van der Waals surface area contributed by atoms with E-state index in [1.54, 1.807) is 12.1 Å². The highest BCUT2D eigenvalue weighted by Crippen LogP contribution is 2.37. The number of likely N-dealkylation sites (tertiary alicyclic amines) is 1. The molecule has 1 atom stereocenters. The first-order valence-corrected chi connectivity index (χ1v) is 6.55. The monoisotopic (exact) mass is 276 g/mol. The molecule has 1 unspecified atom stereocenters. The largest absolute Gasteiger partial charge is 0.446 e. The second-order valence-electron chi connectivity index (χ2n) is 4.46. The molecule has 2 rings (SSSR count). The lowest BCUT2D eigenvalue weighted by molar-refractivity contribution is -0.0328. The summed E-state index contributed by atoms with van der Waals surface area (Å²) in [7, 11) is 2.06. The van der Waals surface area contributed by atoms with Gasteiger partial charge in [0.25, 0.3) is 0 Å². The van der Waals surface area contributed by atoms with E-state index in [0.29, 0.717) is 6.04 Å². The van der Waals surface area contributed by atoms with Crippen LogP contribution in [0.2, 0.25) is 0 Å². The maximum absolute atomic E-state index is 12.2. The van der Waals surface area contributed by atoms with Gasteiger partial charge in [0.05, 0.1) is 0 Å². The van der Waals surface area contributed by atoms with Crippen LogP contribution in [0.5, 0.6) is 0 Å². The van der Waals surface area contributed by atoms with E-state index in [4.69, 9.17) is 0 Å². The van der Waals surface area contributed by atoms with E-state index >= 15 is 0 Å². The Bertz CT molecular complexity index is 391. The van der Waals surface area contributed by atoms with Gasteiger partial charge in [-0.15, -0.1) is 0 Å². The topological polar surface area (TPSA) is 15.3 Å². The molecule has 1 heterocycles. The van der Waals surface area contributed by atoms with E-state index in [2.05, 4.69) is 17.3 Å². The number of nitrogens with zero attached hydrogens (tertiary/aromatic N) is 1. The zero-order valence-corrected chi connectivity index (χ0v) is 10.8. The minimum atomic E-state index is -4.22. The summed E-state index contributed by atoms with van der Waals surface area (Å²) in [6, 6.07) is 6.79. The van der Waals surface area contributed by atoms with Crippen molar-refractivity contribution in [3.8, 4) is 0 Å². The van der Waals surface area contributed by atoms with Crippen LogP contribution in [0.3, 0.4) is 0 Å². The normalized spacial score (nSPS) is 21.2. The second kappa shape index (κ2) is 5.40. The van der Waals surface area contributed by atoms with Crippen molar-refractivity contribution in [2.45, 2.75) is 22.9 Å². The quantitative estimate of drug-likeness (QED) is 0.852. The van der Waals surface area contributed by atoms with Crippen LogP contribution in [-0.4, -0.2) is 36.6 Å². The zero-order valence-electron chi connectivity index (χ0n) is 10.00. The number of halogens is 3. The SMILES string of the molecule is CN1CCC(Nc2ccc(SC(F)(F)F)cc2)C1. The number of alkyl halides is 3. The Morgan fingerprint density at radius 3 is 2.44 bits per heavy atom. The Morgan fingerprint density at radius 2 is 1.94 bits per heavy atom. The number of rotatable bonds is 3. The molecule has 1 aliphatic rings. The number of thioether (sulfide) groups is 1. The maximum Gasteiger partial charge on any atom is 0.446 e. The van der Waals surface area contributed by atoms with E-state index < -0.39 is 5.51 Å². The fourth-order valence-corrected chi connectivity index (χ4v) is 2.58. The predicted molar refractivity (Wildman–Crippen MR) is 67.9 cm³/mol. The number of hydrogen-bond acceptors (Lipinski definition) is 3. The molecule has 1 aromatic carbocycles. The van der Waals surface area contributed by atoms with Crippen LogP contribution in [0.4, 0.5) is 18.9 Å². The number of likely N-dealkylation sites (N-methyl/N-ethyl adjacent to an activating group) is 1. The standard InChI is InChI=1S/C12H15F3N2S/c1-17-7-6-10(8-17)16-9-2-4-11(5-3-9)18-12(13,14)15/h2-5,10,16H,6-8H2,1H3. The third-order valence-electron chi connectivity index (χ3n) is 2.85. The highest BCUT2D eigenvalue weighted by molar-refractivity contribution is 8.00. The van der Waals surface area contributed by atoms with Crippen LogP contribution < -0.4 is 5.32 Å². The molecule has 0 aromatic heterocycles. The van der Waals surface area contributed by atoms with Gasteiger partial charge in [-0.25, -0.2) is 0 Å². The van der Waals surface area contributed by atoms with E-state index in [0.717, 1.165) is 25.2 Å². The van der Waals surface area contributed by atoms with Gasteiger partial charge in [-0.2, -0.15) is 13.2 Å². The highest BCUT2D eigenvalue weighted by Gasteiger charge is 2.29. The third kappa shape index (κ3) is 4.10. The molecule has 18 heavy (non-hydrogen) atoms. The smallest absolute Gasteiger partial charge is 0.381 e. The predicted octanol–water partition coefficient (Wildman–Crippen LogP) is 3.41. The average Bonchev–Trinajstić information content (AvgIpc) is 2.65. The Balaban J connectivity index is 1.91. The van der Waals surface area contributed by atoms with Crippen LogP contribution in [-0.2, 0) is 0 Å². The summed E-state index contributed by atoms with van der Waals surface area (Å²) in [5, 5.41) is 3.33. The molecule has 1 saturated heterocycles. The summed E-state index contributed by atoms with van der Waals surface area (Å²) in [6.07, 6.45) is 1.07. The van der Waals surface area contributed by atoms with Gasteiger partial charge in [-0.05, 0) is 56.0 Å². The van der Waals surface area contributed by atoms with Crippen molar-refractivity contribution in [1.29, 1.82) is 0 Å².